The van der Waals surface area contributed by atoms with Crippen molar-refractivity contribution < 1.29 is 10.0 Å². The molecule has 0 aliphatic heterocycles. The van der Waals surface area contributed by atoms with E-state index in [0.717, 1.165) is 0 Å². The number of phenolic OH excluding ortho intramolecular Hbond substituents is 1. The van der Waals surface area contributed by atoms with E-state index in [9.17, 15) is 15.2 Å². The lowest BCUT2D eigenvalue weighted by molar-refractivity contribution is -0.384. The van der Waals surface area contributed by atoms with Crippen molar-refractivity contribution in [1.82, 2.24) is 0 Å². The molecular weight excluding hydrogens is 268 g/mol. The highest BCUT2D eigenvalue weighted by atomic mass is 35.5. The van der Waals surface area contributed by atoms with Gasteiger partial charge in [-0.15, -0.1) is 0 Å². The fraction of sp³-hybridized carbons (Fsp3) is 0. The molecule has 0 aliphatic carbocycles. The highest BCUT2D eigenvalue weighted by Crippen LogP contribution is 2.29. The summed E-state index contributed by atoms with van der Waals surface area (Å²) in [6.07, 6.45) is 1.45. The summed E-state index contributed by atoms with van der Waals surface area (Å²) >= 11 is 5.90. The second kappa shape index (κ2) is 5.49. The van der Waals surface area contributed by atoms with E-state index in [4.69, 9.17) is 11.6 Å². The number of para-hydroxylation sites is 1. The molecule has 0 amide bonds. The van der Waals surface area contributed by atoms with Crippen LogP contribution in [0.25, 0.3) is 0 Å². The quantitative estimate of drug-likeness (QED) is 0.527. The van der Waals surface area contributed by atoms with Gasteiger partial charge in [-0.2, -0.15) is 0 Å². The first-order valence-electron chi connectivity index (χ1n) is 5.34. The largest absolute Gasteiger partial charge is 0.507 e. The molecule has 0 atom stereocenters. The Kier molecular flexibility index (Phi) is 3.77. The number of benzene rings is 2. The number of rotatable bonds is 3. The van der Waals surface area contributed by atoms with Gasteiger partial charge in [0.25, 0.3) is 5.69 Å². The van der Waals surface area contributed by atoms with Crippen molar-refractivity contribution in [2.45, 2.75) is 0 Å². The fourth-order valence-corrected chi connectivity index (χ4v) is 1.67. The summed E-state index contributed by atoms with van der Waals surface area (Å²) in [5.41, 5.74) is 0.846. The topological polar surface area (TPSA) is 75.7 Å². The van der Waals surface area contributed by atoms with Crippen LogP contribution < -0.4 is 0 Å². The third kappa shape index (κ3) is 3.08. The van der Waals surface area contributed by atoms with Crippen molar-refractivity contribution in [1.29, 1.82) is 0 Å². The maximum Gasteiger partial charge on any atom is 0.271 e. The van der Waals surface area contributed by atoms with Gasteiger partial charge in [-0.3, -0.25) is 15.1 Å². The zero-order valence-electron chi connectivity index (χ0n) is 9.65. The van der Waals surface area contributed by atoms with Crippen LogP contribution in [0.2, 0.25) is 5.02 Å². The van der Waals surface area contributed by atoms with Gasteiger partial charge in [0, 0.05) is 23.9 Å². The Morgan fingerprint density at radius 3 is 2.63 bits per heavy atom. The monoisotopic (exact) mass is 276 g/mol. The predicted octanol–water partition coefficient (Wildman–Crippen LogP) is 3.70. The van der Waals surface area contributed by atoms with E-state index in [1.807, 2.05) is 0 Å². The van der Waals surface area contributed by atoms with Crippen molar-refractivity contribution in [3.63, 3.8) is 0 Å². The molecule has 2 rings (SSSR count). The molecule has 5 nitrogen and oxygen atoms in total. The number of nitro groups is 1. The van der Waals surface area contributed by atoms with Gasteiger partial charge in [-0.1, -0.05) is 23.7 Å². The Balaban J connectivity index is 2.29. The molecule has 0 aromatic heterocycles. The number of halogens is 1. The van der Waals surface area contributed by atoms with E-state index >= 15 is 0 Å². The van der Waals surface area contributed by atoms with Crippen LogP contribution in [0.1, 0.15) is 5.56 Å². The molecule has 0 spiro atoms. The van der Waals surface area contributed by atoms with Gasteiger partial charge < -0.3 is 5.11 Å². The maximum absolute atomic E-state index is 10.6. The van der Waals surface area contributed by atoms with Crippen LogP contribution in [-0.4, -0.2) is 16.2 Å². The Hall–Kier alpha value is -2.40. The third-order valence-electron chi connectivity index (χ3n) is 2.42. The SMILES string of the molecule is O=[N+]([O-])c1ccc(N=Cc2ccccc2O)c(Cl)c1. The van der Waals surface area contributed by atoms with Gasteiger partial charge in [0.2, 0.25) is 0 Å². The van der Waals surface area contributed by atoms with Crippen molar-refractivity contribution >= 4 is 29.2 Å². The Morgan fingerprint density at radius 1 is 1.26 bits per heavy atom. The zero-order valence-corrected chi connectivity index (χ0v) is 10.4. The molecule has 0 aliphatic rings. The Morgan fingerprint density at radius 2 is 2.00 bits per heavy atom. The minimum atomic E-state index is -0.525. The number of hydrogen-bond donors (Lipinski definition) is 1. The smallest absolute Gasteiger partial charge is 0.271 e. The third-order valence-corrected chi connectivity index (χ3v) is 2.72. The van der Waals surface area contributed by atoms with Crippen LogP contribution in [0.4, 0.5) is 11.4 Å². The number of aliphatic imine (C=N–C) groups is 1. The first kappa shape index (κ1) is 13.0. The first-order valence-corrected chi connectivity index (χ1v) is 5.72. The van der Waals surface area contributed by atoms with E-state index in [0.29, 0.717) is 11.3 Å². The molecule has 96 valence electrons. The summed E-state index contributed by atoms with van der Waals surface area (Å²) in [4.78, 5) is 14.1. The minimum absolute atomic E-state index is 0.0912. The number of non-ortho nitro benzene ring substituents is 1. The molecule has 2 aromatic carbocycles. The molecule has 0 saturated heterocycles. The number of phenols is 1. The van der Waals surface area contributed by atoms with E-state index in [1.54, 1.807) is 24.3 Å². The average Bonchev–Trinajstić information content (AvgIpc) is 2.39. The summed E-state index contributed by atoms with van der Waals surface area (Å²) in [7, 11) is 0. The molecule has 0 heterocycles. The van der Waals surface area contributed by atoms with E-state index in [2.05, 4.69) is 4.99 Å². The van der Waals surface area contributed by atoms with Gasteiger partial charge in [0.05, 0.1) is 15.6 Å². The average molecular weight is 277 g/mol. The first-order chi connectivity index (χ1) is 9.08. The van der Waals surface area contributed by atoms with E-state index in [1.165, 1.54) is 24.4 Å². The molecule has 0 unspecified atom stereocenters. The lowest BCUT2D eigenvalue weighted by atomic mass is 10.2. The van der Waals surface area contributed by atoms with Crippen molar-refractivity contribution in [3.8, 4) is 5.75 Å². The number of hydrogen-bond acceptors (Lipinski definition) is 4. The molecule has 0 bridgehead atoms. The minimum Gasteiger partial charge on any atom is -0.507 e. The summed E-state index contributed by atoms with van der Waals surface area (Å²) in [6, 6.07) is 10.7. The van der Waals surface area contributed by atoms with Crippen molar-refractivity contribution in [2.24, 2.45) is 4.99 Å². The number of aromatic hydroxyl groups is 1. The molecule has 2 aromatic rings. The molecule has 19 heavy (non-hydrogen) atoms. The summed E-state index contributed by atoms with van der Waals surface area (Å²) in [5, 5.41) is 20.3. The van der Waals surface area contributed by atoms with Gasteiger partial charge in [0.15, 0.2) is 0 Å². The molecular formula is C13H9ClN2O3. The second-order valence-corrected chi connectivity index (χ2v) is 4.12. The molecule has 0 fully saturated rings. The van der Waals surface area contributed by atoms with Gasteiger partial charge in [-0.25, -0.2) is 0 Å². The van der Waals surface area contributed by atoms with Crippen molar-refractivity contribution in [2.75, 3.05) is 0 Å². The molecule has 1 N–H and O–H groups in total. The number of nitrogens with zero attached hydrogens (tertiary/aromatic N) is 2. The standard InChI is InChI=1S/C13H9ClN2O3/c14-11-7-10(16(18)19)5-6-12(11)15-8-9-3-1-2-4-13(9)17/h1-8,17H. The van der Waals surface area contributed by atoms with Crippen molar-refractivity contribution in [3.05, 3.63) is 63.2 Å². The van der Waals surface area contributed by atoms with Crippen LogP contribution >= 0.6 is 11.6 Å². The highest BCUT2D eigenvalue weighted by Gasteiger charge is 2.08. The molecule has 0 radical (unpaired) electrons. The fourth-order valence-electron chi connectivity index (χ4n) is 1.45. The second-order valence-electron chi connectivity index (χ2n) is 3.71. The van der Waals surface area contributed by atoms with Crippen LogP contribution in [-0.2, 0) is 0 Å². The van der Waals surface area contributed by atoms with Gasteiger partial charge in [-0.05, 0) is 18.2 Å². The lowest BCUT2D eigenvalue weighted by Crippen LogP contribution is -1.87. The van der Waals surface area contributed by atoms with E-state index in [-0.39, 0.29) is 16.5 Å². The summed E-state index contributed by atoms with van der Waals surface area (Å²) < 4.78 is 0. The Labute approximate surface area is 113 Å². The van der Waals surface area contributed by atoms with Crippen LogP contribution in [0.3, 0.4) is 0 Å². The van der Waals surface area contributed by atoms with E-state index < -0.39 is 4.92 Å². The maximum atomic E-state index is 10.6. The highest BCUT2D eigenvalue weighted by molar-refractivity contribution is 6.33. The van der Waals surface area contributed by atoms with Crippen LogP contribution in [0, 0.1) is 10.1 Å². The zero-order chi connectivity index (χ0) is 13.8. The predicted molar refractivity (Wildman–Crippen MR) is 73.5 cm³/mol. The lowest BCUT2D eigenvalue weighted by Gasteiger charge is -1.99. The summed E-state index contributed by atoms with van der Waals surface area (Å²) in [6.45, 7) is 0. The molecule has 0 saturated carbocycles. The van der Waals surface area contributed by atoms with Gasteiger partial charge in [0.1, 0.15) is 5.75 Å². The van der Waals surface area contributed by atoms with Crippen LogP contribution in [0.5, 0.6) is 5.75 Å². The van der Waals surface area contributed by atoms with Crippen LogP contribution in [0.15, 0.2) is 47.5 Å². The van der Waals surface area contributed by atoms with Gasteiger partial charge >= 0.3 is 0 Å². The number of nitro benzene ring substituents is 1. The molecule has 6 heteroatoms. The summed E-state index contributed by atoms with van der Waals surface area (Å²) in [5.74, 6) is 0.101. The normalized spacial score (nSPS) is 10.8. The Bertz CT molecular complexity index is 656.